The van der Waals surface area contributed by atoms with E-state index in [1.807, 2.05) is 80.1 Å². The number of sulfonamides is 1. The number of aliphatic hydroxyl groups is 1. The van der Waals surface area contributed by atoms with Gasteiger partial charge in [0.15, 0.2) is 0 Å². The third-order valence-electron chi connectivity index (χ3n) is 23.0. The summed E-state index contributed by atoms with van der Waals surface area (Å²) in [4.78, 5) is 83.2. The van der Waals surface area contributed by atoms with E-state index in [2.05, 4.69) is 54.6 Å². The fraction of sp³-hybridized carbons (Fsp3) is 0.537. The SMILES string of the molecule is Cc1cc(C(C(=O)N2C[C@H](O)C[C@H]2C(=O)N[C@@H](CC(=O)NCCCCCC(=O)N2CCN(CCC(CSc3ccccc3)Nc3ccc(S(=O)(=O)NC(=O)c4ccc(N5CCN(CC6=C(C78CC(C(F)F)(C7)C8)CC(C)(C)CC6)CC5)cc4)cc3S(=O)(=O)C(F)(F)F)CC2)c2ccc(-c3scnc3C)cc2)C(C)C)on1. The number of hydrogen-bond acceptors (Lipinski definition) is 19. The minimum Gasteiger partial charge on any atom is -0.391 e. The van der Waals surface area contributed by atoms with Crippen LogP contribution in [0.1, 0.15) is 156 Å². The first-order valence-electron chi connectivity index (χ1n) is 38.2. The third-order valence-corrected chi connectivity index (χ3v) is 28.0. The molecule has 31 heteroatoms. The molecule has 3 saturated carbocycles. The van der Waals surface area contributed by atoms with E-state index in [4.69, 9.17) is 4.52 Å². The maximum Gasteiger partial charge on any atom is 0.501 e. The zero-order chi connectivity index (χ0) is 79.4. The maximum absolute atomic E-state index is 14.6. The van der Waals surface area contributed by atoms with Crippen LogP contribution in [0.25, 0.3) is 10.4 Å². The second-order valence-corrected chi connectivity index (χ2v) is 37.6. The zero-order valence-electron chi connectivity index (χ0n) is 63.5. The van der Waals surface area contributed by atoms with E-state index in [-0.39, 0.29) is 71.6 Å². The van der Waals surface area contributed by atoms with Gasteiger partial charge >= 0.3 is 5.51 Å². The number of benzene rings is 4. The number of anilines is 2. The second kappa shape index (κ2) is 34.5. The molecule has 7 aliphatic rings. The van der Waals surface area contributed by atoms with Gasteiger partial charge < -0.3 is 40.3 Å². The fourth-order valence-electron chi connectivity index (χ4n) is 16.7. The average molecular weight is 1620 g/mol. The highest BCUT2D eigenvalue weighted by atomic mass is 32.2. The lowest BCUT2D eigenvalue weighted by atomic mass is 9.32. The van der Waals surface area contributed by atoms with Crippen molar-refractivity contribution >= 4 is 83.9 Å². The number of nitrogens with zero attached hydrogens (tertiary/aromatic N) is 7. The number of thiazole rings is 1. The van der Waals surface area contributed by atoms with Gasteiger partial charge in [-0.05, 0) is 154 Å². The van der Waals surface area contributed by atoms with Gasteiger partial charge in [-0.1, -0.05) is 92.9 Å². The number of rotatable bonds is 32. The van der Waals surface area contributed by atoms with Crippen LogP contribution in [0.4, 0.5) is 33.3 Å². The van der Waals surface area contributed by atoms with Crippen LogP contribution < -0.4 is 25.6 Å². The van der Waals surface area contributed by atoms with Gasteiger partial charge in [0.05, 0.1) is 50.9 Å². The standard InChI is InChI=1S/C80H100F5N11O11S4/c1-51(2)71(67-39-52(3)90-107-67)75(102)96-45-60(97)40-66(96)74(101)89-65(54-16-18-55(19-17-54)72-53(4)87-50-109-72)42-69(98)86-29-12-8-11-15-70(99)95-37-31-92(32-38-95)30-27-58(46-108-61-13-9-7-10-14-61)88-64-25-24-62(41-68(64)110(103,104)80(83,84)85)111(105,106)91-73(100)56-20-22-59(23-21-56)94-35-33-93(34-36-94)44-57-26-28-77(5,6)43-63(57)78-47-79(48-78,49-78)76(81)82/h7,9-10,13-14,16-25,39,41,50-51,58,60,65-66,71,76,88,97H,8,11-12,15,26-38,40,42-49H2,1-6H3,(H,86,98)(H,89,101)(H,91,100)/t58?,60-,65+,66+,71?,78?,79?/m1/s1. The van der Waals surface area contributed by atoms with Gasteiger partial charge in [0, 0.05) is 131 Å². The number of amides is 5. The van der Waals surface area contributed by atoms with Crippen molar-refractivity contribution in [3.05, 3.63) is 148 Å². The van der Waals surface area contributed by atoms with Crippen molar-refractivity contribution in [1.82, 2.24) is 45.1 Å². The number of carbonyl (C=O) groups excluding carboxylic acids is 5. The van der Waals surface area contributed by atoms with E-state index in [1.54, 1.807) is 35.5 Å². The molecule has 5 amide bonds. The van der Waals surface area contributed by atoms with E-state index < -0.39 is 94.6 Å². The number of hydrogen-bond donors (Lipinski definition) is 5. The van der Waals surface area contributed by atoms with Crippen molar-refractivity contribution in [3.63, 3.8) is 0 Å². The molecule has 4 aromatic carbocycles. The number of halogens is 5. The Morgan fingerprint density at radius 3 is 2.16 bits per heavy atom. The molecule has 4 aliphatic carbocycles. The van der Waals surface area contributed by atoms with Crippen molar-refractivity contribution in [2.45, 2.75) is 182 Å². The minimum atomic E-state index is -6.20. The summed E-state index contributed by atoms with van der Waals surface area (Å²) in [7, 11) is -11.2. The molecular formula is C80H100F5N11O11S4. The molecule has 2 aromatic heterocycles. The van der Waals surface area contributed by atoms with Crippen molar-refractivity contribution in [2.75, 3.05) is 94.5 Å². The predicted molar refractivity (Wildman–Crippen MR) is 415 cm³/mol. The smallest absolute Gasteiger partial charge is 0.391 e. The van der Waals surface area contributed by atoms with Crippen LogP contribution in [0.15, 0.2) is 139 Å². The van der Waals surface area contributed by atoms with Gasteiger partial charge in [-0.3, -0.25) is 33.8 Å². The number of piperazine rings is 2. The molecule has 2 unspecified atom stereocenters. The number of nitrogens with one attached hydrogen (secondary N) is 4. The quantitative estimate of drug-likeness (QED) is 0.0114. The van der Waals surface area contributed by atoms with E-state index in [9.17, 15) is 67.9 Å². The molecule has 5 N–H and O–H groups in total. The van der Waals surface area contributed by atoms with Gasteiger partial charge in [0.2, 0.25) is 30.1 Å². The molecule has 6 fully saturated rings. The van der Waals surface area contributed by atoms with Crippen molar-refractivity contribution < 1.29 is 72.4 Å². The lowest BCUT2D eigenvalue weighted by Gasteiger charge is -2.72. The molecule has 3 saturated heterocycles. The summed E-state index contributed by atoms with van der Waals surface area (Å²) in [5, 5.41) is 23.9. The molecule has 0 radical (unpaired) electrons. The highest BCUT2D eigenvalue weighted by molar-refractivity contribution is 7.99. The predicted octanol–water partition coefficient (Wildman–Crippen LogP) is 12.3. The van der Waals surface area contributed by atoms with Crippen LogP contribution in [-0.4, -0.2) is 196 Å². The molecule has 22 nitrogen and oxygen atoms in total. The number of carbonyl (C=O) groups is 5. The average Bonchev–Trinajstić information content (AvgIpc) is 1.16. The topological polar surface area (TPSA) is 277 Å². The first-order chi connectivity index (χ1) is 52.7. The molecule has 5 heterocycles. The van der Waals surface area contributed by atoms with E-state index in [0.29, 0.717) is 120 Å². The van der Waals surface area contributed by atoms with Crippen LogP contribution in [-0.2, 0) is 39.0 Å². The number of aryl methyl sites for hydroxylation is 2. The zero-order valence-corrected chi connectivity index (χ0v) is 66.8. The van der Waals surface area contributed by atoms with Gasteiger partial charge in [0.25, 0.3) is 25.8 Å². The van der Waals surface area contributed by atoms with Crippen LogP contribution in [0, 0.1) is 36.0 Å². The number of aromatic nitrogens is 2. The Balaban J connectivity index is 0.612. The summed E-state index contributed by atoms with van der Waals surface area (Å²) in [6.45, 7) is 17.9. The summed E-state index contributed by atoms with van der Waals surface area (Å²) in [5.41, 5.74) is 1.22. The minimum absolute atomic E-state index is 0.000338. The second-order valence-electron chi connectivity index (χ2n) is 32.0. The Morgan fingerprint density at radius 2 is 1.52 bits per heavy atom. The molecule has 6 aromatic rings. The normalized spacial score (nSPS) is 21.9. The van der Waals surface area contributed by atoms with Crippen molar-refractivity contribution in [2.24, 2.45) is 22.2 Å². The molecule has 13 rings (SSSR count). The summed E-state index contributed by atoms with van der Waals surface area (Å²) >= 11 is 2.88. The summed E-state index contributed by atoms with van der Waals surface area (Å²) in [6, 6.07) is 24.4. The molecule has 0 spiro atoms. The number of alkyl halides is 5. The molecule has 5 atom stereocenters. The lowest BCUT2D eigenvalue weighted by Crippen LogP contribution is -2.66. The molecule has 111 heavy (non-hydrogen) atoms. The van der Waals surface area contributed by atoms with Crippen LogP contribution in [0.3, 0.4) is 0 Å². The highest BCUT2D eigenvalue weighted by Gasteiger charge is 2.73. The van der Waals surface area contributed by atoms with Crippen LogP contribution in [0.5, 0.6) is 0 Å². The van der Waals surface area contributed by atoms with Gasteiger partial charge in [-0.25, -0.2) is 35.3 Å². The van der Waals surface area contributed by atoms with E-state index >= 15 is 0 Å². The third kappa shape index (κ3) is 19.4. The number of likely N-dealkylation sites (tertiary alicyclic amines) is 1. The maximum atomic E-state index is 14.6. The summed E-state index contributed by atoms with van der Waals surface area (Å²) in [5.74, 6) is -2.72. The number of allylic oxidation sites excluding steroid dienone is 1. The van der Waals surface area contributed by atoms with Gasteiger partial charge in [-0.15, -0.1) is 23.1 Å². The molecule has 2 bridgehead atoms. The number of unbranched alkanes of at least 4 members (excludes halogenated alkanes) is 2. The van der Waals surface area contributed by atoms with Gasteiger partial charge in [0.1, 0.15) is 22.6 Å². The molecular weight excluding hydrogens is 1510 g/mol. The Hall–Kier alpha value is -7.81. The molecule has 3 aliphatic heterocycles. The summed E-state index contributed by atoms with van der Waals surface area (Å²) < 4.78 is 134. The number of sulfone groups is 1. The van der Waals surface area contributed by atoms with Crippen molar-refractivity contribution in [1.29, 1.82) is 0 Å². The lowest BCUT2D eigenvalue weighted by molar-refractivity contribution is -0.250. The summed E-state index contributed by atoms with van der Waals surface area (Å²) in [6.07, 6.45) is 3.57. The Bertz CT molecular complexity index is 4570. The Morgan fingerprint density at radius 1 is 0.829 bits per heavy atom. The largest absolute Gasteiger partial charge is 0.501 e. The first kappa shape index (κ1) is 82.6. The number of thioether (sulfide) groups is 1. The highest BCUT2D eigenvalue weighted by Crippen LogP contribution is 2.79. The Labute approximate surface area is 654 Å². The van der Waals surface area contributed by atoms with Crippen LogP contribution >= 0.6 is 23.1 Å². The monoisotopic (exact) mass is 1610 g/mol. The number of aliphatic hydroxyl groups excluding tert-OH is 1. The Kier molecular flexibility index (Phi) is 25.7. The number of β-amino-alcohol motifs (C(OH)–C–C–N with tert-alkyl or cyclic N) is 1. The van der Waals surface area contributed by atoms with Crippen molar-refractivity contribution in [3.8, 4) is 10.4 Å². The van der Waals surface area contributed by atoms with E-state index in [0.717, 1.165) is 77.7 Å². The van der Waals surface area contributed by atoms with Gasteiger partial charge in [-0.2, -0.15) is 13.2 Å². The molecule has 600 valence electrons. The van der Waals surface area contributed by atoms with E-state index in [1.165, 1.54) is 51.3 Å². The first-order valence-corrected chi connectivity index (χ1v) is 43.1. The van der Waals surface area contributed by atoms with Crippen LogP contribution in [0.2, 0.25) is 0 Å². The fourth-order valence-corrected chi connectivity index (χ4v) is 20.6.